The van der Waals surface area contributed by atoms with Gasteiger partial charge >= 0.3 is 5.97 Å². The van der Waals surface area contributed by atoms with Crippen LogP contribution in [0.5, 0.6) is 0 Å². The lowest BCUT2D eigenvalue weighted by Gasteiger charge is -2.13. The summed E-state index contributed by atoms with van der Waals surface area (Å²) in [4.78, 5) is 37.7. The smallest absolute Gasteiger partial charge is 0.339 e. The lowest BCUT2D eigenvalue weighted by molar-refractivity contribution is -0.119. The average Bonchev–Trinajstić information content (AvgIpc) is 2.82. The first-order valence-electron chi connectivity index (χ1n) is 9.98. The molecular formula is C24H21ClN2O6S. The van der Waals surface area contributed by atoms with Gasteiger partial charge in [-0.05, 0) is 48.5 Å². The van der Waals surface area contributed by atoms with Crippen molar-refractivity contribution < 1.29 is 27.5 Å². The van der Waals surface area contributed by atoms with Gasteiger partial charge in [0.25, 0.3) is 5.91 Å². The molecule has 0 fully saturated rings. The van der Waals surface area contributed by atoms with Crippen LogP contribution >= 0.6 is 11.6 Å². The standard InChI is InChI=1S/C24H21ClN2O6S/c1-27(2)34(31,32)19-7-5-6-18(14-19)26-22(28)15-33-24(30)21-9-4-3-8-20(21)23(29)16-10-12-17(25)13-11-16/h3-14H,15H2,1-2H3,(H,26,28). The summed E-state index contributed by atoms with van der Waals surface area (Å²) in [5.74, 6) is -1.92. The van der Waals surface area contributed by atoms with Crippen LogP contribution in [0.2, 0.25) is 5.02 Å². The molecule has 0 aliphatic rings. The molecule has 0 unspecified atom stereocenters. The van der Waals surface area contributed by atoms with Crippen LogP contribution in [0.25, 0.3) is 0 Å². The number of carbonyl (C=O) groups excluding carboxylic acids is 3. The number of amides is 1. The highest BCUT2D eigenvalue weighted by Crippen LogP contribution is 2.19. The first-order chi connectivity index (χ1) is 16.1. The minimum atomic E-state index is -3.68. The molecule has 10 heteroatoms. The van der Waals surface area contributed by atoms with Crippen molar-refractivity contribution in [1.82, 2.24) is 4.31 Å². The Morgan fingerprint density at radius 2 is 1.56 bits per heavy atom. The number of nitrogens with zero attached hydrogens (tertiary/aromatic N) is 1. The number of nitrogens with one attached hydrogen (secondary N) is 1. The van der Waals surface area contributed by atoms with E-state index in [9.17, 15) is 22.8 Å². The number of anilines is 1. The van der Waals surface area contributed by atoms with E-state index in [0.29, 0.717) is 10.6 Å². The summed E-state index contributed by atoms with van der Waals surface area (Å²) < 4.78 is 30.7. The summed E-state index contributed by atoms with van der Waals surface area (Å²) in [5, 5.41) is 2.96. The topological polar surface area (TPSA) is 110 Å². The van der Waals surface area contributed by atoms with Gasteiger partial charge in [-0.1, -0.05) is 35.9 Å². The highest BCUT2D eigenvalue weighted by molar-refractivity contribution is 7.89. The van der Waals surface area contributed by atoms with Crippen LogP contribution in [0.1, 0.15) is 26.3 Å². The van der Waals surface area contributed by atoms with E-state index in [-0.39, 0.29) is 21.7 Å². The lowest BCUT2D eigenvalue weighted by Crippen LogP contribution is -2.23. The molecule has 0 heterocycles. The van der Waals surface area contributed by atoms with Crippen LogP contribution in [0.4, 0.5) is 5.69 Å². The molecule has 0 bridgehead atoms. The monoisotopic (exact) mass is 500 g/mol. The van der Waals surface area contributed by atoms with E-state index in [0.717, 1.165) is 4.31 Å². The largest absolute Gasteiger partial charge is 0.452 e. The van der Waals surface area contributed by atoms with E-state index in [2.05, 4.69) is 5.32 Å². The lowest BCUT2D eigenvalue weighted by atomic mass is 9.98. The third-order valence-corrected chi connectivity index (χ3v) is 6.79. The van der Waals surface area contributed by atoms with Crippen molar-refractivity contribution >= 4 is 45.0 Å². The van der Waals surface area contributed by atoms with Crippen molar-refractivity contribution in [3.05, 3.63) is 94.5 Å². The van der Waals surface area contributed by atoms with Crippen molar-refractivity contribution in [3.8, 4) is 0 Å². The SMILES string of the molecule is CN(C)S(=O)(=O)c1cccc(NC(=O)COC(=O)c2ccccc2C(=O)c2ccc(Cl)cc2)c1. The molecule has 8 nitrogen and oxygen atoms in total. The van der Waals surface area contributed by atoms with Crippen LogP contribution in [0.3, 0.4) is 0 Å². The fraction of sp³-hybridized carbons (Fsp3) is 0.125. The number of hydrogen-bond donors (Lipinski definition) is 1. The summed E-state index contributed by atoms with van der Waals surface area (Å²) in [5.41, 5.74) is 0.698. The quantitative estimate of drug-likeness (QED) is 0.373. The number of rotatable bonds is 8. The van der Waals surface area contributed by atoms with Gasteiger partial charge in [-0.25, -0.2) is 17.5 Å². The average molecular weight is 501 g/mol. The molecule has 0 saturated carbocycles. The zero-order valence-electron chi connectivity index (χ0n) is 18.3. The van der Waals surface area contributed by atoms with Crippen LogP contribution in [-0.2, 0) is 19.6 Å². The van der Waals surface area contributed by atoms with E-state index in [1.807, 2.05) is 0 Å². The maximum atomic E-state index is 12.8. The number of ether oxygens (including phenoxy) is 1. The third-order valence-electron chi connectivity index (χ3n) is 4.73. The first kappa shape index (κ1) is 25.1. The van der Waals surface area contributed by atoms with Gasteiger partial charge in [-0.15, -0.1) is 0 Å². The number of hydrogen-bond acceptors (Lipinski definition) is 6. The van der Waals surface area contributed by atoms with E-state index in [1.165, 1.54) is 50.5 Å². The highest BCUT2D eigenvalue weighted by atomic mass is 35.5. The Bertz CT molecular complexity index is 1340. The molecule has 0 aliphatic heterocycles. The maximum Gasteiger partial charge on any atom is 0.339 e. The summed E-state index contributed by atoms with van der Waals surface area (Å²) in [6.07, 6.45) is 0. The minimum absolute atomic E-state index is 0.00179. The number of halogens is 1. The normalized spacial score (nSPS) is 11.2. The molecule has 0 saturated heterocycles. The van der Waals surface area contributed by atoms with Gasteiger partial charge in [-0.3, -0.25) is 9.59 Å². The van der Waals surface area contributed by atoms with E-state index in [4.69, 9.17) is 16.3 Å². The minimum Gasteiger partial charge on any atom is -0.452 e. The van der Waals surface area contributed by atoms with Crippen molar-refractivity contribution in [3.63, 3.8) is 0 Å². The molecule has 0 atom stereocenters. The molecule has 0 spiro atoms. The van der Waals surface area contributed by atoms with Gasteiger partial charge in [0.15, 0.2) is 12.4 Å². The molecule has 1 N–H and O–H groups in total. The van der Waals surface area contributed by atoms with E-state index in [1.54, 1.807) is 36.4 Å². The Labute approximate surface area is 202 Å². The van der Waals surface area contributed by atoms with Gasteiger partial charge in [0.2, 0.25) is 10.0 Å². The molecule has 0 radical (unpaired) electrons. The van der Waals surface area contributed by atoms with Crippen molar-refractivity contribution in [2.45, 2.75) is 4.90 Å². The fourth-order valence-corrected chi connectivity index (χ4v) is 4.04. The predicted octanol–water partition coefficient (Wildman–Crippen LogP) is 3.62. The molecule has 176 valence electrons. The van der Waals surface area contributed by atoms with Gasteiger partial charge in [0.1, 0.15) is 0 Å². The number of sulfonamides is 1. The second-order valence-electron chi connectivity index (χ2n) is 7.32. The maximum absolute atomic E-state index is 12.8. The Morgan fingerprint density at radius 3 is 2.21 bits per heavy atom. The van der Waals surface area contributed by atoms with Gasteiger partial charge in [0.05, 0.1) is 10.5 Å². The summed E-state index contributed by atoms with van der Waals surface area (Å²) in [6.45, 7) is -0.632. The third kappa shape index (κ3) is 5.88. The van der Waals surface area contributed by atoms with Crippen LogP contribution in [0, 0.1) is 0 Å². The second kappa shape index (κ2) is 10.6. The van der Waals surface area contributed by atoms with Crippen molar-refractivity contribution in [2.75, 3.05) is 26.0 Å². The van der Waals surface area contributed by atoms with Crippen molar-refractivity contribution in [1.29, 1.82) is 0 Å². The van der Waals surface area contributed by atoms with E-state index >= 15 is 0 Å². The number of carbonyl (C=O) groups is 3. The summed E-state index contributed by atoms with van der Waals surface area (Å²) in [6, 6.07) is 18.0. The van der Waals surface area contributed by atoms with E-state index < -0.39 is 34.3 Å². The highest BCUT2D eigenvalue weighted by Gasteiger charge is 2.21. The number of ketones is 1. The zero-order chi connectivity index (χ0) is 24.9. The molecule has 0 aromatic heterocycles. The predicted molar refractivity (Wildman–Crippen MR) is 128 cm³/mol. The van der Waals surface area contributed by atoms with Gasteiger partial charge in [0, 0.05) is 35.9 Å². The van der Waals surface area contributed by atoms with Crippen LogP contribution in [0.15, 0.2) is 77.7 Å². The molecular weight excluding hydrogens is 480 g/mol. The Hall–Kier alpha value is -3.53. The molecule has 3 aromatic carbocycles. The van der Waals surface area contributed by atoms with Crippen molar-refractivity contribution in [2.24, 2.45) is 0 Å². The molecule has 34 heavy (non-hydrogen) atoms. The van der Waals surface area contributed by atoms with Crippen LogP contribution in [-0.4, -0.2) is 51.1 Å². The Morgan fingerprint density at radius 1 is 0.912 bits per heavy atom. The molecule has 1 amide bonds. The molecule has 3 aromatic rings. The molecule has 0 aliphatic carbocycles. The molecule has 3 rings (SSSR count). The first-order valence-corrected chi connectivity index (χ1v) is 11.8. The number of esters is 1. The Kier molecular flexibility index (Phi) is 7.83. The second-order valence-corrected chi connectivity index (χ2v) is 9.91. The fourth-order valence-electron chi connectivity index (χ4n) is 2.97. The zero-order valence-corrected chi connectivity index (χ0v) is 19.9. The summed E-state index contributed by atoms with van der Waals surface area (Å²) in [7, 11) is -0.881. The number of benzene rings is 3. The van der Waals surface area contributed by atoms with Gasteiger partial charge < -0.3 is 10.1 Å². The summed E-state index contributed by atoms with van der Waals surface area (Å²) >= 11 is 5.86. The Balaban J connectivity index is 1.68. The van der Waals surface area contributed by atoms with Gasteiger partial charge in [-0.2, -0.15) is 0 Å². The van der Waals surface area contributed by atoms with Crippen LogP contribution < -0.4 is 5.32 Å².